The minimum absolute atomic E-state index is 0.0336. The molecule has 8 nitrogen and oxygen atoms in total. The van der Waals surface area contributed by atoms with Gasteiger partial charge in [-0.15, -0.1) is 0 Å². The normalized spacial score (nSPS) is 20.8. The van der Waals surface area contributed by atoms with E-state index in [1.807, 2.05) is 0 Å². The van der Waals surface area contributed by atoms with Gasteiger partial charge in [-0.3, -0.25) is 19.2 Å². The van der Waals surface area contributed by atoms with E-state index < -0.39 is 10.0 Å². The van der Waals surface area contributed by atoms with Crippen molar-refractivity contribution >= 4 is 27.5 Å². The summed E-state index contributed by atoms with van der Waals surface area (Å²) in [5.41, 5.74) is 0.822. The molecule has 0 spiro atoms. The Morgan fingerprint density at radius 2 is 1.56 bits per heavy atom. The number of carbonyl (C=O) groups is 2. The molecule has 2 aromatic rings. The maximum Gasteiger partial charge on any atom is 0.265 e. The van der Waals surface area contributed by atoms with Crippen molar-refractivity contribution < 1.29 is 27.5 Å². The lowest BCUT2D eigenvalue weighted by Crippen LogP contribution is -2.30. The molecule has 4 rings (SSSR count). The van der Waals surface area contributed by atoms with Crippen LogP contribution in [0.25, 0.3) is 0 Å². The lowest BCUT2D eigenvalue weighted by molar-refractivity contribution is -0.140. The van der Waals surface area contributed by atoms with Gasteiger partial charge in [0.2, 0.25) is 11.8 Å². The van der Waals surface area contributed by atoms with Crippen LogP contribution >= 0.6 is 0 Å². The highest BCUT2D eigenvalue weighted by Crippen LogP contribution is 2.39. The van der Waals surface area contributed by atoms with Crippen molar-refractivity contribution in [1.29, 1.82) is 0 Å². The first-order valence-electron chi connectivity index (χ1n) is 10.5. The molecule has 2 amide bonds. The number of rotatable bonds is 7. The van der Waals surface area contributed by atoms with E-state index in [4.69, 9.17) is 9.47 Å². The highest BCUT2D eigenvalue weighted by Gasteiger charge is 2.47. The number of amides is 2. The number of methoxy groups -OCH3 is 2. The molecule has 9 heteroatoms. The Bertz CT molecular complexity index is 1120. The summed E-state index contributed by atoms with van der Waals surface area (Å²) in [5.74, 6) is -0.278. The summed E-state index contributed by atoms with van der Waals surface area (Å²) in [6.45, 7) is 0.0336. The Kier molecular flexibility index (Phi) is 6.10. The van der Waals surface area contributed by atoms with Crippen molar-refractivity contribution in [3.05, 3.63) is 48.0 Å². The Labute approximate surface area is 187 Å². The Morgan fingerprint density at radius 3 is 2.19 bits per heavy atom. The van der Waals surface area contributed by atoms with Gasteiger partial charge in [0, 0.05) is 0 Å². The van der Waals surface area contributed by atoms with Crippen LogP contribution < -0.4 is 14.2 Å². The van der Waals surface area contributed by atoms with Gasteiger partial charge >= 0.3 is 0 Å². The smallest absolute Gasteiger partial charge is 0.265 e. The van der Waals surface area contributed by atoms with E-state index in [0.717, 1.165) is 25.7 Å². The Balaban J connectivity index is 1.63. The fraction of sp³-hybridized carbons (Fsp3) is 0.391. The number of benzene rings is 2. The van der Waals surface area contributed by atoms with Crippen molar-refractivity contribution in [3.8, 4) is 11.5 Å². The second-order valence-corrected chi connectivity index (χ2v) is 9.70. The number of fused-ring (bicyclic) bond motifs is 1. The van der Waals surface area contributed by atoms with Crippen LogP contribution in [0, 0.1) is 11.8 Å². The van der Waals surface area contributed by atoms with E-state index in [1.165, 1.54) is 31.3 Å². The highest BCUT2D eigenvalue weighted by atomic mass is 32.2. The van der Waals surface area contributed by atoms with Gasteiger partial charge < -0.3 is 9.47 Å². The molecule has 1 aliphatic heterocycles. The molecule has 0 bridgehead atoms. The second-order valence-electron chi connectivity index (χ2n) is 8.05. The zero-order valence-electron chi connectivity index (χ0n) is 18.0. The number of carbonyl (C=O) groups excluding carboxylic acids is 2. The maximum absolute atomic E-state index is 13.2. The molecule has 170 valence electrons. The summed E-state index contributed by atoms with van der Waals surface area (Å²) in [6.07, 6.45) is 3.37. The SMILES string of the molecule is COc1ccccc1NS(=O)(=O)c1cc(CN2C(=O)[C@H]3CCCC[C@H]3C2=O)ccc1OC. The monoisotopic (exact) mass is 458 g/mol. The number of nitrogens with one attached hydrogen (secondary N) is 1. The summed E-state index contributed by atoms with van der Waals surface area (Å²) in [6, 6.07) is 11.3. The molecule has 2 aliphatic rings. The molecule has 1 aliphatic carbocycles. The topological polar surface area (TPSA) is 102 Å². The number of para-hydroxylation sites is 2. The van der Waals surface area contributed by atoms with Crippen molar-refractivity contribution in [2.75, 3.05) is 18.9 Å². The minimum atomic E-state index is -4.04. The number of hydrogen-bond acceptors (Lipinski definition) is 6. The van der Waals surface area contributed by atoms with Gasteiger partial charge in [-0.1, -0.05) is 31.0 Å². The standard InChI is InChI=1S/C23H26N2O6S/c1-30-19-10-6-5-9-18(19)24-32(28,29)21-13-15(11-12-20(21)31-2)14-25-22(26)16-7-3-4-8-17(16)23(25)27/h5-6,9-13,16-17,24H,3-4,7-8,14H2,1-2H3/t16-,17+. The predicted molar refractivity (Wildman–Crippen MR) is 118 cm³/mol. The van der Waals surface area contributed by atoms with Gasteiger partial charge in [0.05, 0.1) is 38.3 Å². The fourth-order valence-electron chi connectivity index (χ4n) is 4.53. The number of likely N-dealkylation sites (tertiary alicyclic amines) is 1. The molecular weight excluding hydrogens is 432 g/mol. The largest absolute Gasteiger partial charge is 0.495 e. The lowest BCUT2D eigenvalue weighted by atomic mass is 9.81. The Hall–Kier alpha value is -3.07. The zero-order valence-corrected chi connectivity index (χ0v) is 18.9. The van der Waals surface area contributed by atoms with E-state index >= 15 is 0 Å². The van der Waals surface area contributed by atoms with Gasteiger partial charge in [0.25, 0.3) is 10.0 Å². The molecule has 2 fully saturated rings. The van der Waals surface area contributed by atoms with E-state index in [0.29, 0.717) is 11.3 Å². The molecule has 0 aromatic heterocycles. The van der Waals surface area contributed by atoms with Gasteiger partial charge in [0.15, 0.2) is 0 Å². The van der Waals surface area contributed by atoms with Crippen LogP contribution in [-0.2, 0) is 26.2 Å². The molecule has 1 N–H and O–H groups in total. The van der Waals surface area contributed by atoms with Crippen molar-refractivity contribution in [2.45, 2.75) is 37.1 Å². The van der Waals surface area contributed by atoms with Crippen LogP contribution in [0.1, 0.15) is 31.2 Å². The number of hydrogen-bond donors (Lipinski definition) is 1. The molecule has 32 heavy (non-hydrogen) atoms. The molecule has 0 unspecified atom stereocenters. The van der Waals surface area contributed by atoms with E-state index in [1.54, 1.807) is 30.3 Å². The quantitative estimate of drug-likeness (QED) is 0.640. The molecule has 2 aromatic carbocycles. The average molecular weight is 459 g/mol. The second kappa shape index (κ2) is 8.82. The van der Waals surface area contributed by atoms with E-state index in [-0.39, 0.29) is 46.5 Å². The Morgan fingerprint density at radius 1 is 0.938 bits per heavy atom. The van der Waals surface area contributed by atoms with Crippen LogP contribution in [0.3, 0.4) is 0 Å². The fourth-order valence-corrected chi connectivity index (χ4v) is 5.82. The number of ether oxygens (including phenoxy) is 2. The molecular formula is C23H26N2O6S. The molecule has 0 radical (unpaired) electrons. The summed E-state index contributed by atoms with van der Waals surface area (Å²) in [4.78, 5) is 26.8. The first kappa shape index (κ1) is 22.1. The molecule has 2 atom stereocenters. The summed E-state index contributed by atoms with van der Waals surface area (Å²) in [7, 11) is -1.20. The van der Waals surface area contributed by atoms with E-state index in [9.17, 15) is 18.0 Å². The molecule has 1 saturated heterocycles. The average Bonchev–Trinajstić information content (AvgIpc) is 3.04. The molecule has 1 heterocycles. The van der Waals surface area contributed by atoms with Crippen molar-refractivity contribution in [2.24, 2.45) is 11.8 Å². The van der Waals surface area contributed by atoms with E-state index in [2.05, 4.69) is 4.72 Å². The number of sulfonamides is 1. The van der Waals surface area contributed by atoms with Gasteiger partial charge in [-0.05, 0) is 42.7 Å². The zero-order chi connectivity index (χ0) is 22.9. The molecule has 1 saturated carbocycles. The third-order valence-electron chi connectivity index (χ3n) is 6.14. The van der Waals surface area contributed by atoms with Crippen LogP contribution in [-0.4, -0.2) is 39.4 Å². The van der Waals surface area contributed by atoms with Gasteiger partial charge in [-0.2, -0.15) is 0 Å². The van der Waals surface area contributed by atoms with Gasteiger partial charge in [-0.25, -0.2) is 8.42 Å². The van der Waals surface area contributed by atoms with Crippen molar-refractivity contribution in [1.82, 2.24) is 4.90 Å². The maximum atomic E-state index is 13.2. The first-order valence-corrected chi connectivity index (χ1v) is 12.0. The third kappa shape index (κ3) is 4.04. The van der Waals surface area contributed by atoms with Crippen LogP contribution in [0.2, 0.25) is 0 Å². The summed E-state index contributed by atoms with van der Waals surface area (Å²) in [5, 5.41) is 0. The summed E-state index contributed by atoms with van der Waals surface area (Å²) >= 11 is 0. The first-order chi connectivity index (χ1) is 15.4. The minimum Gasteiger partial charge on any atom is -0.495 e. The van der Waals surface area contributed by atoms with Crippen LogP contribution in [0.4, 0.5) is 5.69 Å². The highest BCUT2D eigenvalue weighted by molar-refractivity contribution is 7.92. The number of nitrogens with zero attached hydrogens (tertiary/aromatic N) is 1. The van der Waals surface area contributed by atoms with Gasteiger partial charge in [0.1, 0.15) is 16.4 Å². The van der Waals surface area contributed by atoms with Crippen LogP contribution in [0.15, 0.2) is 47.4 Å². The van der Waals surface area contributed by atoms with Crippen LogP contribution in [0.5, 0.6) is 11.5 Å². The summed E-state index contributed by atoms with van der Waals surface area (Å²) < 4.78 is 39.4. The third-order valence-corrected chi connectivity index (χ3v) is 7.53. The predicted octanol–water partition coefficient (Wildman–Crippen LogP) is 3.18. The number of imide groups is 1. The van der Waals surface area contributed by atoms with Crippen molar-refractivity contribution in [3.63, 3.8) is 0 Å². The number of anilines is 1. The lowest BCUT2D eigenvalue weighted by Gasteiger charge is -2.19.